The van der Waals surface area contributed by atoms with Gasteiger partial charge in [0, 0.05) is 6.54 Å². The number of H-pyrrole nitrogens is 1. The fourth-order valence-electron chi connectivity index (χ4n) is 0.796. The topological polar surface area (TPSA) is 61.9 Å². The summed E-state index contributed by atoms with van der Waals surface area (Å²) in [6.07, 6.45) is 3.18. The van der Waals surface area contributed by atoms with Gasteiger partial charge in [-0.15, -0.1) is 5.10 Å². The molecule has 0 aliphatic carbocycles. The Morgan fingerprint density at radius 2 is 2.64 bits per heavy atom. The minimum absolute atomic E-state index is 0.571. The van der Waals surface area contributed by atoms with E-state index in [4.69, 9.17) is 0 Å². The molecule has 0 unspecified atom stereocenters. The lowest BCUT2D eigenvalue weighted by molar-refractivity contribution is -0.107. The molecule has 0 radical (unpaired) electrons. The van der Waals surface area contributed by atoms with Crippen LogP contribution in [0.3, 0.4) is 0 Å². The molecule has 0 aliphatic heterocycles. The van der Waals surface area contributed by atoms with Crippen LogP contribution in [0.5, 0.6) is 0 Å². The molecule has 1 amide bonds. The molecular weight excluding hydrogens is 144 g/mol. The van der Waals surface area contributed by atoms with E-state index < -0.39 is 0 Å². The van der Waals surface area contributed by atoms with E-state index in [1.54, 1.807) is 0 Å². The van der Waals surface area contributed by atoms with Crippen molar-refractivity contribution in [3.05, 3.63) is 6.20 Å². The zero-order chi connectivity index (χ0) is 8.10. The molecule has 0 aromatic carbocycles. The van der Waals surface area contributed by atoms with E-state index in [1.807, 2.05) is 6.92 Å². The van der Waals surface area contributed by atoms with E-state index in [-0.39, 0.29) is 0 Å². The first kappa shape index (κ1) is 7.71. The number of nitrogens with one attached hydrogen (secondary N) is 1. The van der Waals surface area contributed by atoms with Crippen LogP contribution in [0.2, 0.25) is 0 Å². The Bertz CT molecular complexity index is 208. The Morgan fingerprint density at radius 1 is 1.82 bits per heavy atom. The molecule has 0 fully saturated rings. The van der Waals surface area contributed by atoms with Crippen molar-refractivity contribution >= 4 is 12.2 Å². The highest BCUT2D eigenvalue weighted by Crippen LogP contribution is 2.03. The highest BCUT2D eigenvalue weighted by atomic mass is 16.1. The van der Waals surface area contributed by atoms with Crippen molar-refractivity contribution in [1.29, 1.82) is 0 Å². The molecule has 0 atom stereocenters. The zero-order valence-corrected chi connectivity index (χ0v) is 6.32. The summed E-state index contributed by atoms with van der Waals surface area (Å²) in [5.74, 6) is 0.571. The predicted molar refractivity (Wildman–Crippen MR) is 40.1 cm³/mol. The normalized spacial score (nSPS) is 9.55. The van der Waals surface area contributed by atoms with Crippen molar-refractivity contribution < 1.29 is 4.79 Å². The first-order valence-corrected chi connectivity index (χ1v) is 3.46. The predicted octanol–water partition coefficient (Wildman–Crippen LogP) is 0.177. The smallest absolute Gasteiger partial charge is 0.215 e. The summed E-state index contributed by atoms with van der Waals surface area (Å²) in [6.45, 7) is 2.67. The number of carbonyl (C=O) groups excluding carboxylic acids is 1. The van der Waals surface area contributed by atoms with Crippen molar-refractivity contribution in [2.75, 3.05) is 11.4 Å². The van der Waals surface area contributed by atoms with E-state index in [1.165, 1.54) is 11.1 Å². The van der Waals surface area contributed by atoms with Gasteiger partial charge in [0.15, 0.2) is 5.82 Å². The number of hydrogen-bond acceptors (Lipinski definition) is 3. The molecule has 60 valence electrons. The van der Waals surface area contributed by atoms with Crippen LogP contribution < -0.4 is 4.90 Å². The van der Waals surface area contributed by atoms with E-state index >= 15 is 0 Å². The second kappa shape index (κ2) is 3.70. The fraction of sp³-hybridized carbons (Fsp3) is 0.500. The minimum atomic E-state index is 0.571. The lowest BCUT2D eigenvalue weighted by Crippen LogP contribution is -2.21. The van der Waals surface area contributed by atoms with Gasteiger partial charge >= 0.3 is 0 Å². The van der Waals surface area contributed by atoms with Crippen molar-refractivity contribution in [2.45, 2.75) is 13.3 Å². The molecule has 5 nitrogen and oxygen atoms in total. The minimum Gasteiger partial charge on any atom is -0.297 e. The van der Waals surface area contributed by atoms with Gasteiger partial charge in [0.05, 0.1) is 6.20 Å². The molecule has 1 aromatic heterocycles. The molecule has 0 saturated heterocycles. The van der Waals surface area contributed by atoms with Crippen molar-refractivity contribution in [3.63, 3.8) is 0 Å². The van der Waals surface area contributed by atoms with E-state index in [2.05, 4.69) is 15.4 Å². The van der Waals surface area contributed by atoms with Gasteiger partial charge in [-0.05, 0) is 6.42 Å². The Hall–Kier alpha value is -1.39. The molecule has 1 aromatic rings. The Balaban J connectivity index is 2.63. The zero-order valence-electron chi connectivity index (χ0n) is 6.32. The van der Waals surface area contributed by atoms with Crippen LogP contribution in [0.4, 0.5) is 5.82 Å². The summed E-state index contributed by atoms with van der Waals surface area (Å²) >= 11 is 0. The summed E-state index contributed by atoms with van der Waals surface area (Å²) < 4.78 is 0. The Morgan fingerprint density at radius 3 is 3.09 bits per heavy atom. The molecule has 1 N–H and O–H groups in total. The molecule has 5 heteroatoms. The third kappa shape index (κ3) is 1.76. The van der Waals surface area contributed by atoms with Crippen molar-refractivity contribution in [2.24, 2.45) is 0 Å². The highest BCUT2D eigenvalue weighted by molar-refractivity contribution is 5.71. The third-order valence-electron chi connectivity index (χ3n) is 1.29. The standard InChI is InChI=1S/C6H10N4O/c1-2-3-10(5-11)6-4-7-9-8-6/h4-5H,2-3H2,1H3,(H,7,8,9). The van der Waals surface area contributed by atoms with E-state index in [0.29, 0.717) is 12.4 Å². The van der Waals surface area contributed by atoms with E-state index in [9.17, 15) is 4.79 Å². The number of anilines is 1. The largest absolute Gasteiger partial charge is 0.297 e. The average Bonchev–Trinajstić information content (AvgIpc) is 2.52. The fourth-order valence-corrected chi connectivity index (χ4v) is 0.796. The SMILES string of the molecule is CCCN(C=O)c1cn[nH]n1. The molecule has 0 aliphatic rings. The number of rotatable bonds is 4. The number of carbonyl (C=O) groups is 1. The lowest BCUT2D eigenvalue weighted by Gasteiger charge is -2.10. The van der Waals surface area contributed by atoms with E-state index in [0.717, 1.165) is 12.8 Å². The number of aromatic nitrogens is 3. The molecule has 0 bridgehead atoms. The first-order valence-electron chi connectivity index (χ1n) is 3.46. The van der Waals surface area contributed by atoms with Crippen LogP contribution in [0.25, 0.3) is 0 Å². The molecule has 1 heterocycles. The number of aromatic amines is 1. The van der Waals surface area contributed by atoms with Gasteiger partial charge in [-0.1, -0.05) is 6.92 Å². The van der Waals surface area contributed by atoms with Crippen LogP contribution in [0.15, 0.2) is 6.20 Å². The maximum absolute atomic E-state index is 10.4. The molecule has 1 rings (SSSR count). The molecular formula is C6H10N4O. The number of amides is 1. The van der Waals surface area contributed by atoms with Gasteiger partial charge in [0.1, 0.15) is 0 Å². The molecule has 0 spiro atoms. The van der Waals surface area contributed by atoms with Crippen molar-refractivity contribution in [1.82, 2.24) is 15.4 Å². The van der Waals surface area contributed by atoms with Gasteiger partial charge in [-0.3, -0.25) is 9.69 Å². The highest BCUT2D eigenvalue weighted by Gasteiger charge is 2.04. The summed E-state index contributed by atoms with van der Waals surface area (Å²) in [5, 5.41) is 9.80. The van der Waals surface area contributed by atoms with Crippen LogP contribution in [-0.2, 0) is 4.79 Å². The second-order valence-corrected chi connectivity index (χ2v) is 2.13. The quantitative estimate of drug-likeness (QED) is 0.629. The first-order chi connectivity index (χ1) is 5.38. The summed E-state index contributed by atoms with van der Waals surface area (Å²) in [7, 11) is 0. The maximum atomic E-state index is 10.4. The average molecular weight is 154 g/mol. The third-order valence-corrected chi connectivity index (χ3v) is 1.29. The van der Waals surface area contributed by atoms with Gasteiger partial charge in [-0.2, -0.15) is 10.3 Å². The lowest BCUT2D eigenvalue weighted by atomic mass is 10.4. The van der Waals surface area contributed by atoms with Crippen LogP contribution in [0.1, 0.15) is 13.3 Å². The molecule has 0 saturated carbocycles. The van der Waals surface area contributed by atoms with Gasteiger partial charge in [0.2, 0.25) is 6.41 Å². The number of nitrogens with zero attached hydrogens (tertiary/aromatic N) is 3. The van der Waals surface area contributed by atoms with Gasteiger partial charge < -0.3 is 0 Å². The van der Waals surface area contributed by atoms with Gasteiger partial charge in [0.25, 0.3) is 0 Å². The maximum Gasteiger partial charge on any atom is 0.215 e. The van der Waals surface area contributed by atoms with Crippen LogP contribution in [-0.4, -0.2) is 28.4 Å². The molecule has 11 heavy (non-hydrogen) atoms. The Kier molecular flexibility index (Phi) is 2.59. The van der Waals surface area contributed by atoms with Crippen LogP contribution in [0, 0.1) is 0 Å². The van der Waals surface area contributed by atoms with Crippen molar-refractivity contribution in [3.8, 4) is 0 Å². The summed E-state index contributed by atoms with van der Waals surface area (Å²) in [6, 6.07) is 0. The second-order valence-electron chi connectivity index (χ2n) is 2.13. The monoisotopic (exact) mass is 154 g/mol. The Labute approximate surface area is 64.4 Å². The van der Waals surface area contributed by atoms with Crippen LogP contribution >= 0.6 is 0 Å². The summed E-state index contributed by atoms with van der Waals surface area (Å²) in [4.78, 5) is 11.9. The summed E-state index contributed by atoms with van der Waals surface area (Å²) in [5.41, 5.74) is 0. The van der Waals surface area contributed by atoms with Gasteiger partial charge in [-0.25, -0.2) is 0 Å². The number of hydrogen-bond donors (Lipinski definition) is 1.